The Morgan fingerprint density at radius 2 is 2.16 bits per heavy atom. The summed E-state index contributed by atoms with van der Waals surface area (Å²) < 4.78 is 0. The Balaban J connectivity index is 2.28. The van der Waals surface area contributed by atoms with Crippen molar-refractivity contribution in [2.75, 3.05) is 11.4 Å². The zero-order valence-electron chi connectivity index (χ0n) is 10.8. The molecule has 4 nitrogen and oxygen atoms in total. The lowest BCUT2D eigenvalue weighted by Gasteiger charge is -2.32. The van der Waals surface area contributed by atoms with Crippen LogP contribution in [0.15, 0.2) is 29.2 Å². The maximum Gasteiger partial charge on any atom is 0.323 e. The van der Waals surface area contributed by atoms with E-state index in [-0.39, 0.29) is 17.7 Å². The van der Waals surface area contributed by atoms with Crippen LogP contribution in [0.1, 0.15) is 26.2 Å². The van der Waals surface area contributed by atoms with Crippen molar-refractivity contribution in [3.63, 3.8) is 0 Å². The second-order valence-electron chi connectivity index (χ2n) is 4.53. The predicted molar refractivity (Wildman–Crippen MR) is 75.6 cm³/mol. The molecule has 2 rings (SSSR count). The van der Waals surface area contributed by atoms with E-state index < -0.39 is 5.97 Å². The molecule has 0 bridgehead atoms. The Morgan fingerprint density at radius 3 is 2.84 bits per heavy atom. The molecule has 1 aromatic rings. The Morgan fingerprint density at radius 1 is 1.42 bits per heavy atom. The molecule has 0 aromatic heterocycles. The molecule has 1 atom stereocenters. The van der Waals surface area contributed by atoms with Gasteiger partial charge in [-0.25, -0.2) is 0 Å². The lowest BCUT2D eigenvalue weighted by molar-refractivity contribution is -0.136. The number of para-hydroxylation sites is 1. The number of carbonyl (C=O) groups excluding carboxylic acids is 1. The highest BCUT2D eigenvalue weighted by molar-refractivity contribution is 8.01. The van der Waals surface area contributed by atoms with Crippen LogP contribution in [0, 0.1) is 0 Å². The largest absolute Gasteiger partial charge is 0.480 e. The van der Waals surface area contributed by atoms with Gasteiger partial charge in [0, 0.05) is 4.90 Å². The molecule has 0 saturated carbocycles. The number of unbranched alkanes of at least 4 members (excludes halogenated alkanes) is 1. The molecule has 19 heavy (non-hydrogen) atoms. The fraction of sp³-hybridized carbons (Fsp3) is 0.429. The number of hydrogen-bond acceptors (Lipinski definition) is 3. The van der Waals surface area contributed by atoms with Crippen molar-refractivity contribution in [1.82, 2.24) is 0 Å². The average Bonchev–Trinajstić information content (AvgIpc) is 2.40. The van der Waals surface area contributed by atoms with E-state index >= 15 is 0 Å². The Kier molecular flexibility index (Phi) is 4.47. The third-order valence-electron chi connectivity index (χ3n) is 3.08. The first-order valence-electron chi connectivity index (χ1n) is 6.42. The van der Waals surface area contributed by atoms with E-state index in [1.54, 1.807) is 17.8 Å². The highest BCUT2D eigenvalue weighted by atomic mass is 32.2. The van der Waals surface area contributed by atoms with Crippen molar-refractivity contribution < 1.29 is 14.7 Å². The fourth-order valence-electron chi connectivity index (χ4n) is 2.15. The predicted octanol–water partition coefficient (Wildman–Crippen LogP) is 2.77. The molecule has 0 spiro atoms. The maximum atomic E-state index is 12.4. The van der Waals surface area contributed by atoms with E-state index in [1.165, 1.54) is 4.90 Å². The second kappa shape index (κ2) is 6.10. The number of nitrogens with zero attached hydrogens (tertiary/aromatic N) is 1. The van der Waals surface area contributed by atoms with E-state index in [1.807, 2.05) is 18.2 Å². The van der Waals surface area contributed by atoms with Gasteiger partial charge in [-0.3, -0.25) is 14.5 Å². The van der Waals surface area contributed by atoms with E-state index in [0.717, 1.165) is 24.2 Å². The van der Waals surface area contributed by atoms with Crippen molar-refractivity contribution in [3.05, 3.63) is 24.3 Å². The smallest absolute Gasteiger partial charge is 0.323 e. The molecule has 0 aliphatic carbocycles. The van der Waals surface area contributed by atoms with Crippen molar-refractivity contribution in [1.29, 1.82) is 0 Å². The average molecular weight is 279 g/mol. The SMILES string of the molecule is CCCCC1Sc2ccccc2N(CC(=O)O)C1=O. The van der Waals surface area contributed by atoms with E-state index in [9.17, 15) is 9.59 Å². The number of benzene rings is 1. The summed E-state index contributed by atoms with van der Waals surface area (Å²) >= 11 is 1.55. The van der Waals surface area contributed by atoms with Gasteiger partial charge < -0.3 is 5.11 Å². The number of rotatable bonds is 5. The number of carbonyl (C=O) groups is 2. The highest BCUT2D eigenvalue weighted by Gasteiger charge is 2.33. The van der Waals surface area contributed by atoms with Crippen LogP contribution in [0.5, 0.6) is 0 Å². The Bertz CT molecular complexity index is 489. The summed E-state index contributed by atoms with van der Waals surface area (Å²) in [6.07, 6.45) is 2.81. The molecule has 5 heteroatoms. The highest BCUT2D eigenvalue weighted by Crippen LogP contribution is 2.40. The Hall–Kier alpha value is -1.49. The zero-order chi connectivity index (χ0) is 13.8. The standard InChI is InChI=1S/C14H17NO3S/c1-2-3-7-12-14(18)15(9-13(16)17)10-6-4-5-8-11(10)19-12/h4-6,8,12H,2-3,7,9H2,1H3,(H,16,17). The summed E-state index contributed by atoms with van der Waals surface area (Å²) in [5, 5.41) is 8.81. The molecule has 1 heterocycles. The van der Waals surface area contributed by atoms with Gasteiger partial charge in [-0.15, -0.1) is 11.8 Å². The number of aliphatic carboxylic acids is 1. The summed E-state index contributed by atoms with van der Waals surface area (Å²) in [5.41, 5.74) is 0.715. The van der Waals surface area contributed by atoms with Gasteiger partial charge in [0.2, 0.25) is 5.91 Å². The molecule has 1 unspecified atom stereocenters. The number of carboxylic acids is 1. The van der Waals surface area contributed by atoms with Crippen LogP contribution >= 0.6 is 11.8 Å². The van der Waals surface area contributed by atoms with Crippen molar-refractivity contribution in [3.8, 4) is 0 Å². The van der Waals surface area contributed by atoms with Gasteiger partial charge >= 0.3 is 5.97 Å². The number of amides is 1. The van der Waals surface area contributed by atoms with Crippen LogP contribution in [-0.2, 0) is 9.59 Å². The number of carboxylic acid groups (broad SMARTS) is 1. The molecular formula is C14H17NO3S. The molecule has 1 N–H and O–H groups in total. The van der Waals surface area contributed by atoms with Crippen molar-refractivity contribution >= 4 is 29.3 Å². The minimum absolute atomic E-state index is 0.0837. The third-order valence-corrected chi connectivity index (χ3v) is 4.40. The minimum Gasteiger partial charge on any atom is -0.480 e. The molecule has 1 aromatic carbocycles. The fourth-order valence-corrected chi connectivity index (χ4v) is 3.42. The van der Waals surface area contributed by atoms with E-state index in [4.69, 9.17) is 5.11 Å². The molecule has 1 amide bonds. The number of thioether (sulfide) groups is 1. The summed E-state index contributed by atoms with van der Waals surface area (Å²) in [5.74, 6) is -1.07. The molecule has 102 valence electrons. The van der Waals surface area contributed by atoms with Gasteiger partial charge in [0.1, 0.15) is 6.54 Å². The quantitative estimate of drug-likeness (QED) is 0.900. The monoisotopic (exact) mass is 279 g/mol. The van der Waals surface area contributed by atoms with Crippen LogP contribution in [0.3, 0.4) is 0 Å². The molecule has 0 radical (unpaired) electrons. The van der Waals surface area contributed by atoms with Gasteiger partial charge in [-0.1, -0.05) is 31.9 Å². The lowest BCUT2D eigenvalue weighted by atomic mass is 10.1. The van der Waals surface area contributed by atoms with Crippen LogP contribution in [-0.4, -0.2) is 28.8 Å². The molecule has 1 aliphatic heterocycles. The first-order valence-corrected chi connectivity index (χ1v) is 7.30. The summed E-state index contributed by atoms with van der Waals surface area (Å²) in [7, 11) is 0. The van der Waals surface area contributed by atoms with Gasteiger partial charge in [0.25, 0.3) is 0 Å². The van der Waals surface area contributed by atoms with Crippen LogP contribution in [0.4, 0.5) is 5.69 Å². The topological polar surface area (TPSA) is 57.6 Å². The van der Waals surface area contributed by atoms with Crippen molar-refractivity contribution in [2.45, 2.75) is 36.3 Å². The second-order valence-corrected chi connectivity index (χ2v) is 5.78. The summed E-state index contributed by atoms with van der Waals surface area (Å²) in [6.45, 7) is 1.82. The van der Waals surface area contributed by atoms with Crippen LogP contribution in [0.25, 0.3) is 0 Å². The maximum absolute atomic E-state index is 12.4. The third kappa shape index (κ3) is 3.10. The molecular weight excluding hydrogens is 262 g/mol. The van der Waals surface area contributed by atoms with Gasteiger partial charge in [0.05, 0.1) is 10.9 Å². The first-order chi connectivity index (χ1) is 9.13. The van der Waals surface area contributed by atoms with E-state index in [0.29, 0.717) is 5.69 Å². The first kappa shape index (κ1) is 13.9. The zero-order valence-corrected chi connectivity index (χ0v) is 11.7. The van der Waals surface area contributed by atoms with Crippen molar-refractivity contribution in [2.24, 2.45) is 0 Å². The normalized spacial score (nSPS) is 18.3. The number of anilines is 1. The lowest BCUT2D eigenvalue weighted by Crippen LogP contribution is -2.43. The number of fused-ring (bicyclic) bond motifs is 1. The van der Waals surface area contributed by atoms with Crippen LogP contribution < -0.4 is 4.90 Å². The summed E-state index contributed by atoms with van der Waals surface area (Å²) in [4.78, 5) is 25.7. The van der Waals surface area contributed by atoms with E-state index in [2.05, 4.69) is 6.92 Å². The van der Waals surface area contributed by atoms with Crippen LogP contribution in [0.2, 0.25) is 0 Å². The summed E-state index contributed by atoms with van der Waals surface area (Å²) in [6, 6.07) is 7.49. The molecule has 1 aliphatic rings. The minimum atomic E-state index is -0.982. The van der Waals surface area contributed by atoms with Gasteiger partial charge in [-0.2, -0.15) is 0 Å². The molecule has 0 fully saturated rings. The Labute approximate surface area is 116 Å². The van der Waals surface area contributed by atoms with Gasteiger partial charge in [-0.05, 0) is 18.6 Å². The van der Waals surface area contributed by atoms with Gasteiger partial charge in [0.15, 0.2) is 0 Å². The number of hydrogen-bond donors (Lipinski definition) is 1. The molecule has 0 saturated heterocycles.